The Morgan fingerprint density at radius 2 is 1.88 bits per heavy atom. The molecule has 10 heteroatoms. The zero-order valence-electron chi connectivity index (χ0n) is 14.5. The standard InChI is InChI=1S/C16H23NO8S/c1-22-8-9-24-10-11-25-14-3-2-13(16(18)19)12-15(14)26(20,21)17-4-6-23-7-5-17/h2-3,12H,4-11H2,1H3,(H,18,19). The first kappa shape index (κ1) is 20.6. The van der Waals surface area contributed by atoms with Crippen LogP contribution in [0.1, 0.15) is 10.4 Å². The third-order valence-electron chi connectivity index (χ3n) is 3.70. The number of aromatic carboxylic acids is 1. The van der Waals surface area contributed by atoms with Crippen molar-refractivity contribution in [3.8, 4) is 5.75 Å². The number of carboxylic acid groups (broad SMARTS) is 1. The predicted molar refractivity (Wildman–Crippen MR) is 91.2 cm³/mol. The van der Waals surface area contributed by atoms with Crippen LogP contribution in [0.2, 0.25) is 0 Å². The lowest BCUT2D eigenvalue weighted by molar-refractivity contribution is 0.0538. The van der Waals surface area contributed by atoms with Gasteiger partial charge in [0.15, 0.2) is 0 Å². The van der Waals surface area contributed by atoms with Crippen LogP contribution in [0.3, 0.4) is 0 Å². The first-order valence-electron chi connectivity index (χ1n) is 8.11. The summed E-state index contributed by atoms with van der Waals surface area (Å²) < 4.78 is 47.9. The smallest absolute Gasteiger partial charge is 0.335 e. The molecule has 1 fully saturated rings. The summed E-state index contributed by atoms with van der Waals surface area (Å²) in [6.45, 7) is 2.23. The van der Waals surface area contributed by atoms with Crippen LogP contribution in [0.25, 0.3) is 0 Å². The third kappa shape index (κ3) is 5.39. The Hall–Kier alpha value is -1.72. The van der Waals surface area contributed by atoms with Crippen molar-refractivity contribution in [3.05, 3.63) is 23.8 Å². The second-order valence-electron chi connectivity index (χ2n) is 5.44. The SMILES string of the molecule is COCCOCCOc1ccc(C(=O)O)cc1S(=O)(=O)N1CCOCC1. The van der Waals surface area contributed by atoms with Crippen LogP contribution in [0.5, 0.6) is 5.75 Å². The highest BCUT2D eigenvalue weighted by Crippen LogP contribution is 2.28. The van der Waals surface area contributed by atoms with Crippen LogP contribution < -0.4 is 4.74 Å². The molecular formula is C16H23NO8S. The maximum atomic E-state index is 12.9. The van der Waals surface area contributed by atoms with Crippen molar-refractivity contribution in [2.24, 2.45) is 0 Å². The molecule has 1 aliphatic heterocycles. The number of rotatable bonds is 10. The summed E-state index contributed by atoms with van der Waals surface area (Å²) in [6.07, 6.45) is 0. The second kappa shape index (κ2) is 9.83. The van der Waals surface area contributed by atoms with Crippen molar-refractivity contribution >= 4 is 16.0 Å². The van der Waals surface area contributed by atoms with E-state index in [-0.39, 0.29) is 42.5 Å². The third-order valence-corrected chi connectivity index (χ3v) is 5.62. The van der Waals surface area contributed by atoms with Crippen LogP contribution in [-0.2, 0) is 24.2 Å². The van der Waals surface area contributed by atoms with Crippen LogP contribution in [0.4, 0.5) is 0 Å². The number of nitrogens with zero attached hydrogens (tertiary/aromatic N) is 1. The number of hydrogen-bond donors (Lipinski definition) is 1. The molecule has 1 aliphatic rings. The van der Waals surface area contributed by atoms with Gasteiger partial charge in [-0.3, -0.25) is 0 Å². The Morgan fingerprint density at radius 3 is 2.54 bits per heavy atom. The van der Waals surface area contributed by atoms with Gasteiger partial charge in [-0.05, 0) is 18.2 Å². The normalized spacial score (nSPS) is 15.7. The van der Waals surface area contributed by atoms with Crippen LogP contribution >= 0.6 is 0 Å². The van der Waals surface area contributed by atoms with E-state index in [0.29, 0.717) is 26.4 Å². The average molecular weight is 389 g/mol. The van der Waals surface area contributed by atoms with E-state index < -0.39 is 16.0 Å². The highest BCUT2D eigenvalue weighted by atomic mass is 32.2. The summed E-state index contributed by atoms with van der Waals surface area (Å²) in [4.78, 5) is 11.1. The fraction of sp³-hybridized carbons (Fsp3) is 0.562. The molecule has 0 atom stereocenters. The number of carboxylic acids is 1. The zero-order valence-corrected chi connectivity index (χ0v) is 15.4. The molecule has 146 valence electrons. The molecule has 0 radical (unpaired) electrons. The van der Waals surface area contributed by atoms with E-state index in [1.807, 2.05) is 0 Å². The lowest BCUT2D eigenvalue weighted by atomic mass is 10.2. The van der Waals surface area contributed by atoms with E-state index in [2.05, 4.69) is 0 Å². The van der Waals surface area contributed by atoms with Gasteiger partial charge < -0.3 is 24.1 Å². The molecule has 0 aliphatic carbocycles. The number of hydrogen-bond acceptors (Lipinski definition) is 7. The molecule has 9 nitrogen and oxygen atoms in total. The van der Waals surface area contributed by atoms with E-state index in [1.54, 1.807) is 7.11 Å². The van der Waals surface area contributed by atoms with Gasteiger partial charge in [-0.1, -0.05) is 0 Å². The molecule has 0 aromatic heterocycles. The highest BCUT2D eigenvalue weighted by Gasteiger charge is 2.30. The van der Waals surface area contributed by atoms with Crippen molar-refractivity contribution in [3.63, 3.8) is 0 Å². The van der Waals surface area contributed by atoms with Gasteiger partial charge >= 0.3 is 5.97 Å². The summed E-state index contributed by atoms with van der Waals surface area (Å²) in [5.41, 5.74) is -0.125. The molecule has 0 amide bonds. The van der Waals surface area contributed by atoms with Crippen molar-refractivity contribution in [1.29, 1.82) is 0 Å². The van der Waals surface area contributed by atoms with Crippen molar-refractivity contribution < 1.29 is 37.3 Å². The Bertz CT molecular complexity index is 700. The van der Waals surface area contributed by atoms with Crippen molar-refractivity contribution in [2.45, 2.75) is 4.90 Å². The molecule has 1 aromatic rings. The number of ether oxygens (including phenoxy) is 4. The minimum Gasteiger partial charge on any atom is -0.490 e. The van der Waals surface area contributed by atoms with Crippen molar-refractivity contribution in [2.75, 3.05) is 59.8 Å². The van der Waals surface area contributed by atoms with Gasteiger partial charge in [-0.2, -0.15) is 4.31 Å². The van der Waals surface area contributed by atoms with Crippen LogP contribution in [-0.4, -0.2) is 83.6 Å². The van der Waals surface area contributed by atoms with Gasteiger partial charge in [-0.15, -0.1) is 0 Å². The van der Waals surface area contributed by atoms with Gasteiger partial charge in [0.25, 0.3) is 0 Å². The van der Waals surface area contributed by atoms with Crippen LogP contribution in [0, 0.1) is 0 Å². The first-order chi connectivity index (χ1) is 12.5. The van der Waals surface area contributed by atoms with Gasteiger partial charge in [0, 0.05) is 20.2 Å². The summed E-state index contributed by atoms with van der Waals surface area (Å²) in [6, 6.07) is 3.78. The topological polar surface area (TPSA) is 112 Å². The second-order valence-corrected chi connectivity index (χ2v) is 7.34. The minimum absolute atomic E-state index is 0.0943. The molecule has 0 bridgehead atoms. The van der Waals surface area contributed by atoms with E-state index in [9.17, 15) is 18.3 Å². The molecule has 0 saturated carbocycles. The molecule has 1 saturated heterocycles. The monoisotopic (exact) mass is 389 g/mol. The molecule has 26 heavy (non-hydrogen) atoms. The van der Waals surface area contributed by atoms with Crippen LogP contribution in [0.15, 0.2) is 23.1 Å². The number of sulfonamides is 1. The molecule has 1 aromatic carbocycles. The largest absolute Gasteiger partial charge is 0.490 e. The zero-order chi connectivity index (χ0) is 19.0. The quantitative estimate of drug-likeness (QED) is 0.574. The van der Waals surface area contributed by atoms with E-state index in [0.717, 1.165) is 6.07 Å². The molecule has 0 spiro atoms. The Kier molecular flexibility index (Phi) is 7.79. The number of benzene rings is 1. The molecular weight excluding hydrogens is 366 g/mol. The van der Waals surface area contributed by atoms with Crippen molar-refractivity contribution in [1.82, 2.24) is 4.31 Å². The Morgan fingerprint density at radius 1 is 1.19 bits per heavy atom. The number of morpholine rings is 1. The maximum absolute atomic E-state index is 12.9. The summed E-state index contributed by atoms with van der Waals surface area (Å²) in [5, 5.41) is 9.17. The Balaban J connectivity index is 2.17. The summed E-state index contributed by atoms with van der Waals surface area (Å²) >= 11 is 0. The highest BCUT2D eigenvalue weighted by molar-refractivity contribution is 7.89. The fourth-order valence-electron chi connectivity index (χ4n) is 2.34. The molecule has 2 rings (SSSR count). The fourth-order valence-corrected chi connectivity index (χ4v) is 3.91. The average Bonchev–Trinajstić information content (AvgIpc) is 2.65. The first-order valence-corrected chi connectivity index (χ1v) is 9.55. The predicted octanol–water partition coefficient (Wildman–Crippen LogP) is 0.448. The van der Waals surface area contributed by atoms with E-state index in [4.69, 9.17) is 18.9 Å². The minimum atomic E-state index is -3.90. The summed E-state index contributed by atoms with van der Waals surface area (Å²) in [7, 11) is -2.33. The lowest BCUT2D eigenvalue weighted by Crippen LogP contribution is -2.40. The van der Waals surface area contributed by atoms with Gasteiger partial charge in [-0.25, -0.2) is 13.2 Å². The molecule has 1 heterocycles. The van der Waals surface area contributed by atoms with Gasteiger partial charge in [0.1, 0.15) is 17.3 Å². The maximum Gasteiger partial charge on any atom is 0.335 e. The molecule has 0 unspecified atom stereocenters. The van der Waals surface area contributed by atoms with Gasteiger partial charge in [0.2, 0.25) is 10.0 Å². The van der Waals surface area contributed by atoms with E-state index in [1.165, 1.54) is 16.4 Å². The molecule has 1 N–H and O–H groups in total. The number of carbonyl (C=O) groups is 1. The summed E-state index contributed by atoms with van der Waals surface area (Å²) in [5.74, 6) is -1.12. The lowest BCUT2D eigenvalue weighted by Gasteiger charge is -2.27. The van der Waals surface area contributed by atoms with Gasteiger partial charge in [0.05, 0.1) is 38.6 Å². The number of methoxy groups -OCH3 is 1. The Labute approximate surface area is 152 Å². The van der Waals surface area contributed by atoms with E-state index >= 15 is 0 Å².